The van der Waals surface area contributed by atoms with Crippen LogP contribution in [-0.4, -0.2) is 58.1 Å². The van der Waals surface area contributed by atoms with Gasteiger partial charge in [0.15, 0.2) is 0 Å². The lowest BCUT2D eigenvalue weighted by Crippen LogP contribution is -2.54. The summed E-state index contributed by atoms with van der Waals surface area (Å²) in [5.74, 6) is 1.34. The van der Waals surface area contributed by atoms with Gasteiger partial charge in [0.1, 0.15) is 0 Å². The highest BCUT2D eigenvalue weighted by Crippen LogP contribution is 2.54. The van der Waals surface area contributed by atoms with Gasteiger partial charge in [-0.05, 0) is 126 Å². The van der Waals surface area contributed by atoms with E-state index in [4.69, 9.17) is 0 Å². The van der Waals surface area contributed by atoms with Crippen LogP contribution in [0.3, 0.4) is 0 Å². The highest BCUT2D eigenvalue weighted by molar-refractivity contribution is 5.86. The number of Topliss-reactive ketones (excluding diaryl/α,β-unsaturated/α-hetero) is 1. The molecule has 5 saturated carbocycles. The van der Waals surface area contributed by atoms with Crippen LogP contribution in [0, 0.1) is 35.5 Å². The molecule has 232 valence electrons. The Morgan fingerprint density at radius 2 is 1.39 bits per heavy atom. The van der Waals surface area contributed by atoms with Crippen LogP contribution in [-0.2, 0) is 4.79 Å². The Morgan fingerprint density at radius 3 is 2.12 bits per heavy atom. The number of likely N-dealkylation sites (tertiary alicyclic amines) is 1. The van der Waals surface area contributed by atoms with Crippen LogP contribution in [0.1, 0.15) is 122 Å². The highest BCUT2D eigenvalue weighted by Gasteiger charge is 2.56. The van der Waals surface area contributed by atoms with Crippen LogP contribution in [0.15, 0.2) is 0 Å². The Morgan fingerprint density at radius 1 is 0.707 bits per heavy atom. The number of fused-ring (bicyclic) bond motifs is 4. The second-order valence-electron chi connectivity index (χ2n) is 15.4. The van der Waals surface area contributed by atoms with Crippen LogP contribution in [0.2, 0.25) is 0 Å². The molecule has 0 amide bonds. The molecule has 8 atom stereocenters. The number of carbonyl (C=O) groups is 1. The average Bonchev–Trinajstić information content (AvgIpc) is 3.56. The molecule has 0 aromatic heterocycles. The first-order chi connectivity index (χ1) is 19.8. The second-order valence-corrected chi connectivity index (χ2v) is 15.4. The maximum Gasteiger partial charge on any atom is 0.450 e. The average molecular weight is 579 g/mol. The van der Waals surface area contributed by atoms with Gasteiger partial charge >= 0.3 is 6.18 Å². The van der Waals surface area contributed by atoms with E-state index in [1.165, 1.54) is 89.9 Å². The van der Waals surface area contributed by atoms with E-state index in [0.29, 0.717) is 48.8 Å². The van der Waals surface area contributed by atoms with Gasteiger partial charge in [-0.25, -0.2) is 10.4 Å². The number of alkyl halides is 3. The van der Waals surface area contributed by atoms with Crippen molar-refractivity contribution in [1.82, 2.24) is 20.9 Å². The predicted molar refractivity (Wildman–Crippen MR) is 153 cm³/mol. The lowest BCUT2D eigenvalue weighted by atomic mass is 9.69. The van der Waals surface area contributed by atoms with Crippen LogP contribution >= 0.6 is 0 Å². The third-order valence-electron chi connectivity index (χ3n) is 13.4. The molecule has 0 aromatic rings. The van der Waals surface area contributed by atoms with Gasteiger partial charge in [0.05, 0.1) is 0 Å². The zero-order valence-electron chi connectivity index (χ0n) is 25.1. The molecule has 8 unspecified atom stereocenters. The van der Waals surface area contributed by atoms with Gasteiger partial charge in [-0.15, -0.1) is 0 Å². The van der Waals surface area contributed by atoms with E-state index in [1.54, 1.807) is 0 Å². The Bertz CT molecular complexity index is 930. The van der Waals surface area contributed by atoms with E-state index >= 15 is 0 Å². The minimum atomic E-state index is -4.67. The summed E-state index contributed by atoms with van der Waals surface area (Å²) >= 11 is 0. The van der Waals surface area contributed by atoms with Crippen molar-refractivity contribution in [3.05, 3.63) is 0 Å². The minimum Gasteiger partial charge on any atom is -0.294 e. The molecular weight excluding hydrogens is 525 g/mol. The highest BCUT2D eigenvalue weighted by atomic mass is 19.4. The van der Waals surface area contributed by atoms with E-state index in [-0.39, 0.29) is 0 Å². The Kier molecular flexibility index (Phi) is 8.26. The van der Waals surface area contributed by atoms with Gasteiger partial charge in [0.2, 0.25) is 5.78 Å². The molecule has 0 radical (unpaired) electrons. The molecule has 2 aliphatic heterocycles. The minimum absolute atomic E-state index is 0.435. The number of hydrogen-bond acceptors (Lipinski definition) is 5. The maximum atomic E-state index is 12.9. The molecule has 41 heavy (non-hydrogen) atoms. The normalized spacial score (nSPS) is 47.9. The molecule has 0 bridgehead atoms. The number of rotatable bonds is 4. The first kappa shape index (κ1) is 29.0. The lowest BCUT2D eigenvalue weighted by molar-refractivity contribution is -0.177. The Labute approximate surface area is 245 Å². The van der Waals surface area contributed by atoms with Crippen molar-refractivity contribution in [1.29, 1.82) is 0 Å². The summed E-state index contributed by atoms with van der Waals surface area (Å²) in [6, 6.07) is 4.12. The van der Waals surface area contributed by atoms with Crippen LogP contribution < -0.4 is 11.0 Å². The van der Waals surface area contributed by atoms with Crippen LogP contribution in [0.5, 0.6) is 0 Å². The van der Waals surface area contributed by atoms with Crippen molar-refractivity contribution >= 4 is 5.78 Å². The van der Waals surface area contributed by atoms with E-state index in [1.807, 2.05) is 0 Å². The topological polar surface area (TPSA) is 47.6 Å². The Hall–Kier alpha value is -0.700. The van der Waals surface area contributed by atoms with Crippen LogP contribution in [0.25, 0.3) is 0 Å². The van der Waals surface area contributed by atoms with Gasteiger partial charge in [0.25, 0.3) is 0 Å². The van der Waals surface area contributed by atoms with Gasteiger partial charge in [0, 0.05) is 42.2 Å². The molecule has 5 aliphatic carbocycles. The summed E-state index contributed by atoms with van der Waals surface area (Å²) in [7, 11) is 0. The van der Waals surface area contributed by atoms with Crippen molar-refractivity contribution < 1.29 is 18.0 Å². The van der Waals surface area contributed by atoms with Crippen molar-refractivity contribution in [3.8, 4) is 0 Å². The molecule has 7 aliphatic rings. The SMILES string of the molecule is CC1CCCC2C3CC(N4NNC5CCCCC54)CCC3N(C3CCC(C4CCC(C(=O)C(F)(F)F)CC4)CC3)C12. The number of hydrazine groups is 2. The van der Waals surface area contributed by atoms with E-state index in [9.17, 15) is 18.0 Å². The summed E-state index contributed by atoms with van der Waals surface area (Å²) in [6.07, 6.45) is 16.3. The van der Waals surface area contributed by atoms with Crippen molar-refractivity contribution in [3.63, 3.8) is 0 Å². The quantitative estimate of drug-likeness (QED) is 0.385. The molecule has 8 heteroatoms. The first-order valence-corrected chi connectivity index (χ1v) is 17.5. The fourth-order valence-corrected chi connectivity index (χ4v) is 11.6. The van der Waals surface area contributed by atoms with Crippen molar-refractivity contribution in [2.45, 2.75) is 165 Å². The van der Waals surface area contributed by atoms with Gasteiger partial charge < -0.3 is 0 Å². The zero-order chi connectivity index (χ0) is 28.3. The summed E-state index contributed by atoms with van der Waals surface area (Å²) < 4.78 is 38.8. The third kappa shape index (κ3) is 5.44. The number of hydrogen-bond donors (Lipinski definition) is 2. The maximum absolute atomic E-state index is 12.9. The molecule has 2 saturated heterocycles. The molecule has 7 fully saturated rings. The standard InChI is InChI=1S/C33H53F3N4O/c1-20-5-4-6-26-27-19-25(40-30-8-3-2-7-28(30)37-38-40)17-18-29(27)39(31(20)26)24-15-13-22(14-16-24)21-9-11-23(12-10-21)32(41)33(34,35)36/h20-31,37-38H,2-19H2,1H3. The number of carbonyl (C=O) groups excluding carboxylic acids is 1. The van der Waals surface area contributed by atoms with Gasteiger partial charge in [-0.2, -0.15) is 18.7 Å². The monoisotopic (exact) mass is 578 g/mol. The lowest BCUT2D eigenvalue weighted by Gasteiger charge is -2.47. The summed E-state index contributed by atoms with van der Waals surface area (Å²) in [5.41, 5.74) is 7.28. The predicted octanol–water partition coefficient (Wildman–Crippen LogP) is 6.78. The number of ketones is 1. The second kappa shape index (κ2) is 11.7. The van der Waals surface area contributed by atoms with Gasteiger partial charge in [-0.1, -0.05) is 26.2 Å². The zero-order valence-corrected chi connectivity index (χ0v) is 25.1. The van der Waals surface area contributed by atoms with Gasteiger partial charge in [-0.3, -0.25) is 9.69 Å². The third-order valence-corrected chi connectivity index (χ3v) is 13.4. The van der Waals surface area contributed by atoms with Crippen molar-refractivity contribution in [2.75, 3.05) is 0 Å². The van der Waals surface area contributed by atoms with E-state index in [0.717, 1.165) is 42.7 Å². The van der Waals surface area contributed by atoms with E-state index < -0.39 is 17.9 Å². The molecule has 2 heterocycles. The molecular formula is C33H53F3N4O. The van der Waals surface area contributed by atoms with Crippen molar-refractivity contribution in [2.24, 2.45) is 35.5 Å². The summed E-state index contributed by atoms with van der Waals surface area (Å²) in [6.45, 7) is 2.53. The van der Waals surface area contributed by atoms with Crippen LogP contribution in [0.4, 0.5) is 13.2 Å². The molecule has 2 N–H and O–H groups in total. The smallest absolute Gasteiger partial charge is 0.294 e. The fraction of sp³-hybridized carbons (Fsp3) is 0.970. The molecule has 5 nitrogen and oxygen atoms in total. The first-order valence-electron chi connectivity index (χ1n) is 17.5. The summed E-state index contributed by atoms with van der Waals surface area (Å²) in [4.78, 5) is 14.9. The molecule has 7 rings (SSSR count). The number of nitrogens with zero attached hydrogens (tertiary/aromatic N) is 2. The number of nitrogens with one attached hydrogen (secondary N) is 2. The Balaban J connectivity index is 0.986. The molecule has 0 aromatic carbocycles. The molecule has 0 spiro atoms. The number of halogens is 3. The summed E-state index contributed by atoms with van der Waals surface area (Å²) in [5, 5.41) is 2.66. The van der Waals surface area contributed by atoms with E-state index in [2.05, 4.69) is 27.8 Å². The fourth-order valence-electron chi connectivity index (χ4n) is 11.6. The largest absolute Gasteiger partial charge is 0.450 e.